The number of hydrogen-bond donors (Lipinski definition) is 0. The van der Waals surface area contributed by atoms with Crippen LogP contribution in [0.25, 0.3) is 22.3 Å². The normalized spacial score (nSPS) is 10.3. The first-order valence-corrected chi connectivity index (χ1v) is 10.9. The second-order valence-corrected chi connectivity index (χ2v) is 8.29. The fourth-order valence-electron chi connectivity index (χ4n) is 3.38. The van der Waals surface area contributed by atoms with E-state index < -0.39 is 0 Å². The van der Waals surface area contributed by atoms with E-state index in [1.807, 2.05) is 12.1 Å². The van der Waals surface area contributed by atoms with Gasteiger partial charge >= 0.3 is 0 Å². The lowest BCUT2D eigenvalue weighted by molar-refractivity contribution is 0.824. The molecule has 0 atom stereocenters. The lowest BCUT2D eigenvalue weighted by Gasteiger charge is -2.06. The topological polar surface area (TPSA) is 31.5 Å². The highest BCUT2D eigenvalue weighted by molar-refractivity contribution is 5.64. The second kappa shape index (κ2) is 11.9. The van der Waals surface area contributed by atoms with Crippen molar-refractivity contribution in [3.05, 3.63) is 120 Å². The fourth-order valence-corrected chi connectivity index (χ4v) is 3.38. The van der Waals surface area contributed by atoms with E-state index in [1.165, 1.54) is 33.4 Å². The van der Waals surface area contributed by atoms with Gasteiger partial charge in [0.05, 0.1) is 0 Å². The molecule has 0 aromatic heterocycles. The highest BCUT2D eigenvalue weighted by atomic mass is 16.0. The van der Waals surface area contributed by atoms with Crippen molar-refractivity contribution in [3.8, 4) is 22.3 Å². The molecule has 1 heteroatoms. The zero-order chi connectivity index (χ0) is 21.3. The van der Waals surface area contributed by atoms with Crippen LogP contribution in [-0.2, 0) is 0 Å². The van der Waals surface area contributed by atoms with Gasteiger partial charge in [-0.25, -0.2) is 0 Å². The molecule has 4 aromatic rings. The second-order valence-electron chi connectivity index (χ2n) is 8.29. The molecule has 0 saturated carbocycles. The molecule has 0 spiro atoms. The van der Waals surface area contributed by atoms with Gasteiger partial charge in [0.25, 0.3) is 0 Å². The molecule has 4 rings (SSSR count). The van der Waals surface area contributed by atoms with Gasteiger partial charge in [0, 0.05) is 0 Å². The minimum absolute atomic E-state index is 0. The molecule has 4 aromatic carbocycles. The average Bonchev–Trinajstić information content (AvgIpc) is 2.81. The van der Waals surface area contributed by atoms with Gasteiger partial charge in [-0.1, -0.05) is 137 Å². The summed E-state index contributed by atoms with van der Waals surface area (Å²) in [6.45, 7) is 8.88. The molecule has 0 aliphatic rings. The summed E-state index contributed by atoms with van der Waals surface area (Å²) in [6, 6.07) is 38.6. The third-order valence-corrected chi connectivity index (χ3v) is 5.37. The number of rotatable bonds is 4. The molecule has 0 bridgehead atoms. The van der Waals surface area contributed by atoms with Crippen LogP contribution in [-0.4, -0.2) is 5.48 Å². The molecule has 1 nitrogen and oxygen atoms in total. The van der Waals surface area contributed by atoms with E-state index in [0.29, 0.717) is 11.8 Å². The molecule has 2 N–H and O–H groups in total. The summed E-state index contributed by atoms with van der Waals surface area (Å²) in [5, 5.41) is 0. The molecule has 0 aliphatic carbocycles. The molecule has 0 unspecified atom stereocenters. The van der Waals surface area contributed by atoms with Gasteiger partial charge in [0.15, 0.2) is 0 Å². The zero-order valence-corrected chi connectivity index (χ0v) is 19.0. The van der Waals surface area contributed by atoms with Crippen LogP contribution in [0.1, 0.15) is 50.7 Å². The van der Waals surface area contributed by atoms with Crippen molar-refractivity contribution < 1.29 is 5.48 Å². The van der Waals surface area contributed by atoms with Gasteiger partial charge in [0.1, 0.15) is 0 Å². The van der Waals surface area contributed by atoms with Crippen LogP contribution in [0.15, 0.2) is 109 Å². The van der Waals surface area contributed by atoms with E-state index in [1.54, 1.807) is 0 Å². The van der Waals surface area contributed by atoms with Crippen molar-refractivity contribution in [1.82, 2.24) is 0 Å². The summed E-state index contributed by atoms with van der Waals surface area (Å²) in [4.78, 5) is 0. The minimum Gasteiger partial charge on any atom is -0.412 e. The smallest absolute Gasteiger partial charge is 0.0184 e. The highest BCUT2D eigenvalue weighted by Crippen LogP contribution is 2.23. The Morgan fingerprint density at radius 2 is 0.613 bits per heavy atom. The molecule has 0 fully saturated rings. The average molecular weight is 411 g/mol. The summed E-state index contributed by atoms with van der Waals surface area (Å²) in [7, 11) is 0. The summed E-state index contributed by atoms with van der Waals surface area (Å²) in [6.07, 6.45) is 0. The predicted molar refractivity (Wildman–Crippen MR) is 136 cm³/mol. The SMILES string of the molecule is CC(C)c1ccc(-c2ccccc2)cc1.CC(C)c1ccc(-c2ccccc2)cc1.O. The van der Waals surface area contributed by atoms with E-state index in [-0.39, 0.29) is 5.48 Å². The number of benzene rings is 4. The van der Waals surface area contributed by atoms with Crippen LogP contribution in [0.2, 0.25) is 0 Å². The number of hydrogen-bond acceptors (Lipinski definition) is 0. The summed E-state index contributed by atoms with van der Waals surface area (Å²) in [5.41, 5.74) is 7.95. The lowest BCUT2D eigenvalue weighted by Crippen LogP contribution is -1.86. The molecule has 160 valence electrons. The first-order chi connectivity index (χ1) is 14.5. The molecule has 0 amide bonds. The minimum atomic E-state index is 0. The Kier molecular flexibility index (Phi) is 9.24. The van der Waals surface area contributed by atoms with Gasteiger partial charge in [-0.2, -0.15) is 0 Å². The van der Waals surface area contributed by atoms with E-state index in [2.05, 4.69) is 125 Å². The molecule has 0 saturated heterocycles. The maximum absolute atomic E-state index is 2.22. The van der Waals surface area contributed by atoms with Gasteiger partial charge in [0.2, 0.25) is 0 Å². The Hall–Kier alpha value is -3.16. The van der Waals surface area contributed by atoms with Crippen LogP contribution in [0, 0.1) is 0 Å². The van der Waals surface area contributed by atoms with E-state index >= 15 is 0 Å². The predicted octanol–water partition coefficient (Wildman–Crippen LogP) is 8.13. The van der Waals surface area contributed by atoms with E-state index in [9.17, 15) is 0 Å². The van der Waals surface area contributed by atoms with Crippen molar-refractivity contribution in [1.29, 1.82) is 0 Å². The monoisotopic (exact) mass is 410 g/mol. The summed E-state index contributed by atoms with van der Waals surface area (Å²) >= 11 is 0. The van der Waals surface area contributed by atoms with Gasteiger partial charge in [-0.3, -0.25) is 0 Å². The van der Waals surface area contributed by atoms with Crippen molar-refractivity contribution in [2.24, 2.45) is 0 Å². The van der Waals surface area contributed by atoms with Crippen LogP contribution in [0.4, 0.5) is 0 Å². The van der Waals surface area contributed by atoms with Crippen molar-refractivity contribution in [2.75, 3.05) is 0 Å². The van der Waals surface area contributed by atoms with Crippen LogP contribution in [0.3, 0.4) is 0 Å². The third kappa shape index (κ3) is 6.94. The molecule has 0 heterocycles. The van der Waals surface area contributed by atoms with E-state index in [4.69, 9.17) is 0 Å². The highest BCUT2D eigenvalue weighted by Gasteiger charge is 2.01. The van der Waals surface area contributed by atoms with Gasteiger partial charge < -0.3 is 5.48 Å². The molecular formula is C30H34O. The van der Waals surface area contributed by atoms with Crippen molar-refractivity contribution in [3.63, 3.8) is 0 Å². The zero-order valence-electron chi connectivity index (χ0n) is 19.0. The molecule has 0 aliphatic heterocycles. The molecular weight excluding hydrogens is 376 g/mol. The van der Waals surface area contributed by atoms with Crippen molar-refractivity contribution in [2.45, 2.75) is 39.5 Å². The Bertz CT molecular complexity index is 912. The Balaban J connectivity index is 0.000000213. The fraction of sp³-hybridized carbons (Fsp3) is 0.200. The van der Waals surface area contributed by atoms with Gasteiger partial charge in [-0.05, 0) is 45.2 Å². The first-order valence-electron chi connectivity index (χ1n) is 10.9. The standard InChI is InChI=1S/2C15H16.H2O/c2*1-12(2)13-8-10-15(11-9-13)14-6-4-3-5-7-14;/h2*3-12H,1-2H3;1H2. The molecule has 0 radical (unpaired) electrons. The Morgan fingerprint density at radius 3 is 0.871 bits per heavy atom. The van der Waals surface area contributed by atoms with Crippen LogP contribution < -0.4 is 0 Å². The Morgan fingerprint density at radius 1 is 0.355 bits per heavy atom. The van der Waals surface area contributed by atoms with E-state index in [0.717, 1.165) is 0 Å². The third-order valence-electron chi connectivity index (χ3n) is 5.37. The van der Waals surface area contributed by atoms with Crippen LogP contribution in [0.5, 0.6) is 0 Å². The summed E-state index contributed by atoms with van der Waals surface area (Å²) in [5.74, 6) is 1.21. The lowest BCUT2D eigenvalue weighted by atomic mass is 9.99. The Labute approximate surface area is 187 Å². The van der Waals surface area contributed by atoms with Gasteiger partial charge in [-0.15, -0.1) is 0 Å². The largest absolute Gasteiger partial charge is 0.412 e. The first kappa shape index (κ1) is 24.1. The van der Waals surface area contributed by atoms with Crippen molar-refractivity contribution >= 4 is 0 Å². The maximum Gasteiger partial charge on any atom is -0.0184 e. The summed E-state index contributed by atoms with van der Waals surface area (Å²) < 4.78 is 0. The molecule has 31 heavy (non-hydrogen) atoms. The van der Waals surface area contributed by atoms with Crippen LogP contribution >= 0.6 is 0 Å². The quantitative estimate of drug-likeness (QED) is 0.325. The maximum atomic E-state index is 2.22.